The van der Waals surface area contributed by atoms with Crippen molar-refractivity contribution in [1.29, 1.82) is 0 Å². The maximum Gasteiger partial charge on any atom is 0.471 e. The second-order valence-electron chi connectivity index (χ2n) is 17.1. The molecule has 0 aromatic heterocycles. The molecule has 21 heteroatoms. The van der Waals surface area contributed by atoms with E-state index in [1.54, 1.807) is 6.92 Å². The van der Waals surface area contributed by atoms with Gasteiger partial charge in [0.05, 0.1) is 97.8 Å². The van der Waals surface area contributed by atoms with E-state index in [2.05, 4.69) is 10.6 Å². The molecule has 3 fully saturated rings. The summed E-state index contributed by atoms with van der Waals surface area (Å²) >= 11 is 0. The molecule has 4 amide bonds. The number of hydrogen-bond acceptors (Lipinski definition) is 14. The summed E-state index contributed by atoms with van der Waals surface area (Å²) in [5.41, 5.74) is -1.58. The minimum absolute atomic E-state index is 0.0275. The van der Waals surface area contributed by atoms with Crippen LogP contribution in [0.4, 0.5) is 13.2 Å². The number of nitrogens with one attached hydrogen (secondary N) is 3. The SMILES string of the molecule is CC(COCCOCCOCCOCCOCCOCCO)C(=O)OCC(=O)[C@H](C[C@@H]1CCNC1=O)NC(=O)[C@@H]1[C@@H]2[C@H](CN1C(=O)[C@@H](NC(=O)C(F)(F)F)C(C)(C)C)C2(C)C. The van der Waals surface area contributed by atoms with E-state index in [1.165, 1.54) is 25.7 Å². The number of alkyl halides is 3. The number of rotatable bonds is 29. The number of carbonyl (C=O) groups excluding carboxylic acids is 6. The molecule has 1 saturated carbocycles. The number of Topliss-reactive ketones (excluding diaryl/α,β-unsaturated/α-hetero) is 1. The fourth-order valence-corrected chi connectivity index (χ4v) is 7.40. The Kier molecular flexibility index (Phi) is 20.7. The third kappa shape index (κ3) is 16.3. The molecule has 2 aliphatic heterocycles. The van der Waals surface area contributed by atoms with Crippen molar-refractivity contribution in [2.75, 3.05) is 106 Å². The van der Waals surface area contributed by atoms with Crippen LogP contribution >= 0.6 is 0 Å². The van der Waals surface area contributed by atoms with Crippen molar-refractivity contribution in [2.24, 2.45) is 34.5 Å². The molecule has 2 heterocycles. The molecular weight excluding hydrogens is 817 g/mol. The number of hydrogen-bond donors (Lipinski definition) is 4. The number of fused-ring (bicyclic) bond motifs is 1. The van der Waals surface area contributed by atoms with Gasteiger partial charge in [-0.2, -0.15) is 13.2 Å². The fraction of sp³-hybridized carbons (Fsp3) is 0.850. The van der Waals surface area contributed by atoms with Crippen LogP contribution in [0.3, 0.4) is 0 Å². The Bertz CT molecular complexity index is 1460. The maximum atomic E-state index is 14.1. The number of ketones is 1. The number of aliphatic hydroxyl groups excluding tert-OH is 1. The summed E-state index contributed by atoms with van der Waals surface area (Å²) in [5.74, 6) is -7.63. The van der Waals surface area contributed by atoms with Gasteiger partial charge in [0.25, 0.3) is 0 Å². The maximum absolute atomic E-state index is 14.1. The highest BCUT2D eigenvalue weighted by Gasteiger charge is 2.70. The molecule has 18 nitrogen and oxygen atoms in total. The first-order chi connectivity index (χ1) is 28.7. The zero-order chi connectivity index (χ0) is 45.4. The Labute approximate surface area is 354 Å². The molecule has 3 aliphatic rings. The first kappa shape index (κ1) is 51.9. The van der Waals surface area contributed by atoms with E-state index < -0.39 is 89.0 Å². The van der Waals surface area contributed by atoms with Crippen LogP contribution in [0.25, 0.3) is 0 Å². The second kappa shape index (κ2) is 24.4. The zero-order valence-corrected chi connectivity index (χ0v) is 36.1. The summed E-state index contributed by atoms with van der Waals surface area (Å²) in [4.78, 5) is 80.1. The smallest absolute Gasteiger partial charge is 0.457 e. The van der Waals surface area contributed by atoms with Gasteiger partial charge in [0.2, 0.25) is 17.7 Å². The topological polar surface area (TPSA) is 227 Å². The first-order valence-electron chi connectivity index (χ1n) is 20.7. The van der Waals surface area contributed by atoms with Gasteiger partial charge in [-0.25, -0.2) is 0 Å². The van der Waals surface area contributed by atoms with Crippen molar-refractivity contribution >= 4 is 35.4 Å². The summed E-state index contributed by atoms with van der Waals surface area (Å²) in [7, 11) is 0. The Morgan fingerprint density at radius 3 is 1.85 bits per heavy atom. The number of amides is 4. The summed E-state index contributed by atoms with van der Waals surface area (Å²) in [6.45, 7) is 13.2. The number of ether oxygens (including phenoxy) is 7. The largest absolute Gasteiger partial charge is 0.471 e. The lowest BCUT2D eigenvalue weighted by Crippen LogP contribution is -2.61. The van der Waals surface area contributed by atoms with Crippen LogP contribution in [0.5, 0.6) is 0 Å². The average Bonchev–Trinajstić information content (AvgIpc) is 3.50. The number of carbonyl (C=O) groups is 6. The molecule has 0 aromatic rings. The molecule has 0 spiro atoms. The van der Waals surface area contributed by atoms with Gasteiger partial charge in [-0.1, -0.05) is 34.6 Å². The van der Waals surface area contributed by atoms with E-state index in [0.29, 0.717) is 65.8 Å². The van der Waals surface area contributed by atoms with Gasteiger partial charge in [0.15, 0.2) is 12.4 Å². The summed E-state index contributed by atoms with van der Waals surface area (Å²) in [5, 5.41) is 15.8. The summed E-state index contributed by atoms with van der Waals surface area (Å²) in [6.07, 6.45) is -4.97. The van der Waals surface area contributed by atoms with E-state index in [4.69, 9.17) is 38.3 Å². The van der Waals surface area contributed by atoms with E-state index >= 15 is 0 Å². The predicted octanol–water partition coefficient (Wildman–Crippen LogP) is 0.414. The summed E-state index contributed by atoms with van der Waals surface area (Å²) in [6, 6.07) is -4.11. The van der Waals surface area contributed by atoms with E-state index in [1.807, 2.05) is 19.2 Å². The van der Waals surface area contributed by atoms with Gasteiger partial charge in [0.1, 0.15) is 12.1 Å². The molecule has 0 bridgehead atoms. The van der Waals surface area contributed by atoms with Gasteiger partial charge < -0.3 is 59.1 Å². The molecule has 1 aliphatic carbocycles. The fourth-order valence-electron chi connectivity index (χ4n) is 7.40. The highest BCUT2D eigenvalue weighted by Crippen LogP contribution is 2.65. The van der Waals surface area contributed by atoms with Crippen LogP contribution in [0.1, 0.15) is 54.4 Å². The number of nitrogens with zero attached hydrogens (tertiary/aromatic N) is 1. The standard InChI is InChI=1S/C40H65F3N4O14/c1-25(23-60-20-19-59-18-17-58-16-15-57-14-13-56-12-11-55-10-9-48)36(53)61-24-29(49)28(21-26-7-8-44-33(26)50)45-34(51)31-30-27(39(30,5)6)22-47(31)35(52)32(38(2,3)4)46-37(54)40(41,42)43/h25-28,30-32,48H,7-24H2,1-6H3,(H,44,50)(H,45,51)(H,46,54)/t25?,26-,27-,28-,30-,31-,32+/m0/s1. The quantitative estimate of drug-likeness (QED) is 0.0590. The number of piperidine rings is 1. The zero-order valence-electron chi connectivity index (χ0n) is 36.1. The lowest BCUT2D eigenvalue weighted by Gasteiger charge is -2.38. The Morgan fingerprint density at radius 2 is 1.38 bits per heavy atom. The highest BCUT2D eigenvalue weighted by molar-refractivity contribution is 5.97. The third-order valence-corrected chi connectivity index (χ3v) is 11.0. The number of aliphatic hydroxyl groups is 1. The monoisotopic (exact) mass is 882 g/mol. The molecule has 0 radical (unpaired) electrons. The van der Waals surface area contributed by atoms with Crippen molar-refractivity contribution in [3.8, 4) is 0 Å². The van der Waals surface area contributed by atoms with Gasteiger partial charge in [-0.05, 0) is 42.4 Å². The second-order valence-corrected chi connectivity index (χ2v) is 17.1. The first-order valence-corrected chi connectivity index (χ1v) is 20.7. The Balaban J connectivity index is 1.46. The molecule has 7 atom stereocenters. The van der Waals surface area contributed by atoms with Crippen LogP contribution in [0, 0.1) is 34.5 Å². The van der Waals surface area contributed by atoms with Gasteiger partial charge in [0, 0.05) is 19.0 Å². The van der Waals surface area contributed by atoms with Crippen LogP contribution < -0.4 is 16.0 Å². The average molecular weight is 883 g/mol. The lowest BCUT2D eigenvalue weighted by atomic mass is 9.85. The molecule has 2 saturated heterocycles. The number of likely N-dealkylation sites (tertiary alicyclic amines) is 1. The molecule has 350 valence electrons. The third-order valence-electron chi connectivity index (χ3n) is 11.0. The molecular formula is C40H65F3N4O14. The van der Waals surface area contributed by atoms with Crippen LogP contribution in [0.15, 0.2) is 0 Å². The van der Waals surface area contributed by atoms with E-state index in [-0.39, 0.29) is 57.8 Å². The number of halogens is 3. The van der Waals surface area contributed by atoms with Gasteiger partial charge in [-0.15, -0.1) is 0 Å². The van der Waals surface area contributed by atoms with Gasteiger partial charge >= 0.3 is 18.1 Å². The van der Waals surface area contributed by atoms with Crippen LogP contribution in [0.2, 0.25) is 0 Å². The summed E-state index contributed by atoms with van der Waals surface area (Å²) < 4.78 is 77.3. The van der Waals surface area contributed by atoms with E-state index in [9.17, 15) is 41.9 Å². The molecule has 1 unspecified atom stereocenters. The molecule has 61 heavy (non-hydrogen) atoms. The van der Waals surface area contributed by atoms with E-state index in [0.717, 1.165) is 0 Å². The minimum atomic E-state index is -5.25. The molecule has 3 rings (SSSR count). The molecule has 0 aromatic carbocycles. The number of esters is 1. The lowest BCUT2D eigenvalue weighted by molar-refractivity contribution is -0.176. The Hall–Kier alpha value is -3.47. The van der Waals surface area contributed by atoms with Crippen molar-refractivity contribution < 1.29 is 80.2 Å². The van der Waals surface area contributed by atoms with Crippen LogP contribution in [-0.2, 0) is 61.9 Å². The highest BCUT2D eigenvalue weighted by atomic mass is 19.4. The van der Waals surface area contributed by atoms with Crippen molar-refractivity contribution in [2.45, 2.75) is 78.7 Å². The Morgan fingerprint density at radius 1 is 0.852 bits per heavy atom. The van der Waals surface area contributed by atoms with Crippen LogP contribution in [-0.4, -0.2) is 175 Å². The molecule has 4 N–H and O–H groups in total. The van der Waals surface area contributed by atoms with Crippen molar-refractivity contribution in [1.82, 2.24) is 20.9 Å². The predicted molar refractivity (Wildman–Crippen MR) is 208 cm³/mol. The van der Waals surface area contributed by atoms with Gasteiger partial charge in [-0.3, -0.25) is 28.8 Å². The van der Waals surface area contributed by atoms with Crippen molar-refractivity contribution in [3.05, 3.63) is 0 Å². The normalized spacial score (nSPS) is 22.2. The minimum Gasteiger partial charge on any atom is -0.457 e. The van der Waals surface area contributed by atoms with Crippen molar-refractivity contribution in [3.63, 3.8) is 0 Å².